The minimum absolute atomic E-state index is 0.0849. The summed E-state index contributed by atoms with van der Waals surface area (Å²) in [6.45, 7) is 14.2. The van der Waals surface area contributed by atoms with Gasteiger partial charge in [-0.1, -0.05) is 6.92 Å². The van der Waals surface area contributed by atoms with E-state index in [4.69, 9.17) is 29.2 Å². The van der Waals surface area contributed by atoms with Crippen molar-refractivity contribution in [3.63, 3.8) is 0 Å². The molecule has 0 aromatic heterocycles. The van der Waals surface area contributed by atoms with Crippen molar-refractivity contribution in [1.29, 1.82) is 0 Å². The molecular weight excluding hydrogens is 326 g/mol. The molecule has 0 saturated carbocycles. The van der Waals surface area contributed by atoms with Crippen LogP contribution in [0.15, 0.2) is 0 Å². The van der Waals surface area contributed by atoms with Gasteiger partial charge in [-0.2, -0.15) is 0 Å². The molecule has 7 heteroatoms. The maximum Gasteiger partial charge on any atom is 0.0701 e. The Bertz CT molecular complexity index is 220. The molecule has 0 unspecified atom stereocenters. The number of nitrogens with zero attached hydrogens (tertiary/aromatic N) is 1. The van der Waals surface area contributed by atoms with E-state index < -0.39 is 0 Å². The molecule has 2 N–H and O–H groups in total. The monoisotopic (exact) mass is 367 g/mol. The molecule has 7 nitrogen and oxygen atoms in total. The van der Waals surface area contributed by atoms with Crippen molar-refractivity contribution >= 4 is 0 Å². The van der Waals surface area contributed by atoms with Gasteiger partial charge >= 0.3 is 0 Å². The van der Waals surface area contributed by atoms with Gasteiger partial charge in [-0.15, -0.1) is 0 Å². The third kappa shape index (κ3) is 26.1. The van der Waals surface area contributed by atoms with Gasteiger partial charge in [0.1, 0.15) is 0 Å². The van der Waals surface area contributed by atoms with E-state index in [1.807, 2.05) is 13.8 Å². The van der Waals surface area contributed by atoms with Crippen LogP contribution in [0.2, 0.25) is 0 Å². The third-order valence-electron chi connectivity index (χ3n) is 3.26. The van der Waals surface area contributed by atoms with Crippen molar-refractivity contribution in [2.24, 2.45) is 0 Å². The summed E-state index contributed by atoms with van der Waals surface area (Å²) in [5.41, 5.74) is 0. The van der Waals surface area contributed by atoms with Crippen molar-refractivity contribution in [1.82, 2.24) is 4.90 Å². The summed E-state index contributed by atoms with van der Waals surface area (Å²) < 4.78 is 20.9. The van der Waals surface area contributed by atoms with Gasteiger partial charge in [-0.25, -0.2) is 0 Å². The van der Waals surface area contributed by atoms with Crippen molar-refractivity contribution in [3.05, 3.63) is 0 Å². The normalized spacial score (nSPS) is 10.8. The molecule has 0 fully saturated rings. The zero-order valence-electron chi connectivity index (χ0n) is 16.6. The van der Waals surface area contributed by atoms with Crippen LogP contribution in [0.1, 0.15) is 33.6 Å². The Hall–Kier alpha value is -0.280. The fourth-order valence-corrected chi connectivity index (χ4v) is 1.86. The first-order valence-corrected chi connectivity index (χ1v) is 9.51. The Morgan fingerprint density at radius 1 is 0.600 bits per heavy atom. The summed E-state index contributed by atoms with van der Waals surface area (Å²) >= 11 is 0. The maximum absolute atomic E-state index is 8.84. The van der Waals surface area contributed by atoms with Crippen LogP contribution in [-0.4, -0.2) is 101 Å². The summed E-state index contributed by atoms with van der Waals surface area (Å²) in [5, 5.41) is 17.3. The summed E-state index contributed by atoms with van der Waals surface area (Å²) in [6, 6.07) is 0. The molecule has 0 saturated heterocycles. The Balaban J connectivity index is 0. The summed E-state index contributed by atoms with van der Waals surface area (Å²) in [6.07, 6.45) is 1.92. The second kappa shape index (κ2) is 26.0. The topological polar surface area (TPSA) is 80.6 Å². The fraction of sp³-hybridized carbons (Fsp3) is 1.00. The minimum Gasteiger partial charge on any atom is -0.395 e. The second-order valence-corrected chi connectivity index (χ2v) is 5.21. The lowest BCUT2D eigenvalue weighted by molar-refractivity contribution is 0.0330. The summed E-state index contributed by atoms with van der Waals surface area (Å²) in [4.78, 5) is 2.15. The highest BCUT2D eigenvalue weighted by atomic mass is 16.5. The standard InChI is InChI=1S/C14H31NO5.C4H10O/c1-2-15(5-7-16)6-11-20-14-13-19-10-4-3-9-18-12-8-17;1-3-5-4-2/h16-17H,2-14H2,1H3;3-4H2,1-2H3. The highest BCUT2D eigenvalue weighted by molar-refractivity contribution is 4.52. The first kappa shape index (κ1) is 26.9. The maximum atomic E-state index is 8.84. The molecular formula is C18H41NO6. The second-order valence-electron chi connectivity index (χ2n) is 5.21. The number of ether oxygens (including phenoxy) is 4. The van der Waals surface area contributed by atoms with E-state index >= 15 is 0 Å². The van der Waals surface area contributed by atoms with E-state index in [9.17, 15) is 0 Å². The van der Waals surface area contributed by atoms with Crippen LogP contribution in [0.25, 0.3) is 0 Å². The number of aliphatic hydroxyl groups is 2. The lowest BCUT2D eigenvalue weighted by Gasteiger charge is -2.18. The van der Waals surface area contributed by atoms with E-state index in [0.29, 0.717) is 39.6 Å². The zero-order chi connectivity index (χ0) is 19.0. The quantitative estimate of drug-likeness (QED) is 0.352. The van der Waals surface area contributed by atoms with E-state index in [-0.39, 0.29) is 13.2 Å². The number of hydrogen-bond acceptors (Lipinski definition) is 7. The minimum atomic E-state index is 0.0849. The molecule has 0 aliphatic rings. The van der Waals surface area contributed by atoms with E-state index in [2.05, 4.69) is 11.8 Å². The van der Waals surface area contributed by atoms with Crippen LogP contribution < -0.4 is 0 Å². The predicted molar refractivity (Wildman–Crippen MR) is 100 cm³/mol. The Morgan fingerprint density at radius 2 is 1.16 bits per heavy atom. The van der Waals surface area contributed by atoms with E-state index in [1.54, 1.807) is 0 Å². The first-order chi connectivity index (χ1) is 12.3. The van der Waals surface area contributed by atoms with Gasteiger partial charge in [0, 0.05) is 39.5 Å². The van der Waals surface area contributed by atoms with Gasteiger partial charge in [0.25, 0.3) is 0 Å². The SMILES string of the molecule is CCN(CCO)CCOCCOCCCCOCCO.CCOCC. The van der Waals surface area contributed by atoms with Crippen LogP contribution in [0, 0.1) is 0 Å². The number of unbranched alkanes of at least 4 members (excludes halogenated alkanes) is 1. The Morgan fingerprint density at radius 3 is 1.60 bits per heavy atom. The van der Waals surface area contributed by atoms with Crippen LogP contribution in [0.3, 0.4) is 0 Å². The van der Waals surface area contributed by atoms with Gasteiger partial charge in [0.05, 0.1) is 39.6 Å². The molecule has 0 heterocycles. The van der Waals surface area contributed by atoms with Gasteiger partial charge in [-0.05, 0) is 33.2 Å². The van der Waals surface area contributed by atoms with Gasteiger partial charge in [0.15, 0.2) is 0 Å². The number of aliphatic hydroxyl groups excluding tert-OH is 2. The van der Waals surface area contributed by atoms with Crippen LogP contribution >= 0.6 is 0 Å². The van der Waals surface area contributed by atoms with Gasteiger partial charge < -0.3 is 29.2 Å². The molecule has 0 rings (SSSR count). The highest BCUT2D eigenvalue weighted by Gasteiger charge is 2.00. The van der Waals surface area contributed by atoms with Crippen molar-refractivity contribution in [2.45, 2.75) is 33.6 Å². The number of rotatable bonds is 18. The average Bonchev–Trinajstić information content (AvgIpc) is 2.63. The summed E-state index contributed by atoms with van der Waals surface area (Å²) in [7, 11) is 0. The molecule has 0 aliphatic carbocycles. The van der Waals surface area contributed by atoms with Crippen molar-refractivity contribution in [2.75, 3.05) is 85.7 Å². The summed E-state index contributed by atoms with van der Waals surface area (Å²) in [5.74, 6) is 0. The zero-order valence-corrected chi connectivity index (χ0v) is 16.6. The predicted octanol–water partition coefficient (Wildman–Crippen LogP) is 1.17. The van der Waals surface area contributed by atoms with E-state index in [0.717, 1.165) is 45.8 Å². The molecule has 0 spiro atoms. The average molecular weight is 368 g/mol. The lowest BCUT2D eigenvalue weighted by Crippen LogP contribution is -2.30. The Labute approximate surface area is 154 Å². The molecule has 0 bridgehead atoms. The number of likely N-dealkylation sites (N-methyl/N-ethyl adjacent to an activating group) is 1. The van der Waals surface area contributed by atoms with Crippen LogP contribution in [0.4, 0.5) is 0 Å². The van der Waals surface area contributed by atoms with Crippen LogP contribution in [0.5, 0.6) is 0 Å². The first-order valence-electron chi connectivity index (χ1n) is 9.51. The van der Waals surface area contributed by atoms with Crippen molar-refractivity contribution < 1.29 is 29.2 Å². The fourth-order valence-electron chi connectivity index (χ4n) is 1.86. The third-order valence-corrected chi connectivity index (χ3v) is 3.26. The molecule has 0 aromatic carbocycles. The van der Waals surface area contributed by atoms with Gasteiger partial charge in [-0.3, -0.25) is 4.90 Å². The number of hydrogen-bond donors (Lipinski definition) is 2. The molecule has 0 amide bonds. The molecule has 25 heavy (non-hydrogen) atoms. The largest absolute Gasteiger partial charge is 0.395 e. The molecule has 0 aliphatic heterocycles. The molecule has 0 radical (unpaired) electrons. The lowest BCUT2D eigenvalue weighted by atomic mass is 10.3. The van der Waals surface area contributed by atoms with E-state index in [1.165, 1.54) is 0 Å². The molecule has 0 aromatic rings. The Kier molecular flexibility index (Phi) is 28.0. The molecule has 154 valence electrons. The smallest absolute Gasteiger partial charge is 0.0701 e. The highest BCUT2D eigenvalue weighted by Crippen LogP contribution is 1.92. The van der Waals surface area contributed by atoms with Gasteiger partial charge in [0.2, 0.25) is 0 Å². The van der Waals surface area contributed by atoms with Crippen molar-refractivity contribution in [3.8, 4) is 0 Å². The molecule has 0 atom stereocenters. The van der Waals surface area contributed by atoms with Crippen LogP contribution in [-0.2, 0) is 18.9 Å².